The van der Waals surface area contributed by atoms with Gasteiger partial charge in [0.1, 0.15) is 21.5 Å². The van der Waals surface area contributed by atoms with Crippen LogP contribution in [0.4, 0.5) is 20.9 Å². The summed E-state index contributed by atoms with van der Waals surface area (Å²) in [6, 6.07) is 6.09. The summed E-state index contributed by atoms with van der Waals surface area (Å²) in [6.45, 7) is 1.58. The Labute approximate surface area is 188 Å². The topological polar surface area (TPSA) is 139 Å². The van der Waals surface area contributed by atoms with Crippen LogP contribution in [0.5, 0.6) is 0 Å². The Hall–Kier alpha value is -3.49. The van der Waals surface area contributed by atoms with Crippen molar-refractivity contribution in [3.8, 4) is 16.6 Å². The smallest absolute Gasteiger partial charge is 0.277 e. The van der Waals surface area contributed by atoms with Crippen molar-refractivity contribution < 1.29 is 9.18 Å². The third kappa shape index (κ3) is 4.28. The fourth-order valence-electron chi connectivity index (χ4n) is 3.78. The SMILES string of the molecule is Cn1ncc(NC(=O)c2nc(-c3cc(C#N)ccc3F)sc2N)c1N1CCCC(N)CC1. The largest absolute Gasteiger partial charge is 0.389 e. The van der Waals surface area contributed by atoms with Gasteiger partial charge in [-0.3, -0.25) is 9.48 Å². The predicted octanol–water partition coefficient (Wildman–Crippen LogP) is 2.71. The summed E-state index contributed by atoms with van der Waals surface area (Å²) < 4.78 is 16.0. The minimum absolute atomic E-state index is 0.000507. The van der Waals surface area contributed by atoms with Crippen molar-refractivity contribution in [3.63, 3.8) is 0 Å². The number of aryl methyl sites for hydroxylation is 1. The lowest BCUT2D eigenvalue weighted by molar-refractivity contribution is 0.102. The number of nitriles is 1. The maximum Gasteiger partial charge on any atom is 0.277 e. The van der Waals surface area contributed by atoms with E-state index in [1.165, 1.54) is 18.2 Å². The number of amides is 1. The van der Waals surface area contributed by atoms with Gasteiger partial charge in [-0.1, -0.05) is 11.3 Å². The average molecular weight is 455 g/mol. The van der Waals surface area contributed by atoms with Crippen LogP contribution in [0.15, 0.2) is 24.4 Å². The van der Waals surface area contributed by atoms with Crippen LogP contribution in [0.2, 0.25) is 0 Å². The zero-order valence-electron chi connectivity index (χ0n) is 17.5. The van der Waals surface area contributed by atoms with Crippen LogP contribution >= 0.6 is 11.3 Å². The standard InChI is InChI=1S/C21H23FN8OS/c1-29-21(30-7-2-3-13(24)6-8-30)16(11-26-29)27-19(31)17-18(25)32-20(28-17)14-9-12(10-23)4-5-15(14)22/h4-5,9,11,13H,2-3,6-8,24-25H2,1H3,(H,27,31). The van der Waals surface area contributed by atoms with Crippen LogP contribution in [0, 0.1) is 17.1 Å². The molecular weight excluding hydrogens is 431 g/mol. The first-order chi connectivity index (χ1) is 15.4. The Morgan fingerprint density at radius 3 is 2.97 bits per heavy atom. The molecular formula is C21H23FN8OS. The number of halogens is 1. The first-order valence-corrected chi connectivity index (χ1v) is 11.0. The van der Waals surface area contributed by atoms with Gasteiger partial charge < -0.3 is 21.7 Å². The van der Waals surface area contributed by atoms with E-state index in [-0.39, 0.29) is 27.3 Å². The van der Waals surface area contributed by atoms with Crippen LogP contribution in [-0.2, 0) is 7.05 Å². The summed E-state index contributed by atoms with van der Waals surface area (Å²) in [5.41, 5.74) is 13.1. The van der Waals surface area contributed by atoms with Gasteiger partial charge in [-0.2, -0.15) is 10.4 Å². The third-order valence-electron chi connectivity index (χ3n) is 5.42. The third-order valence-corrected chi connectivity index (χ3v) is 6.34. The number of nitrogen functional groups attached to an aromatic ring is 1. The normalized spacial score (nSPS) is 16.4. The Morgan fingerprint density at radius 1 is 1.38 bits per heavy atom. The van der Waals surface area contributed by atoms with Gasteiger partial charge in [-0.05, 0) is 37.5 Å². The van der Waals surface area contributed by atoms with E-state index in [4.69, 9.17) is 16.7 Å². The lowest BCUT2D eigenvalue weighted by Gasteiger charge is -2.24. The van der Waals surface area contributed by atoms with Gasteiger partial charge in [-0.15, -0.1) is 0 Å². The first-order valence-electron chi connectivity index (χ1n) is 10.2. The second-order valence-corrected chi connectivity index (χ2v) is 8.71. The highest BCUT2D eigenvalue weighted by Crippen LogP contribution is 2.33. The number of nitrogens with zero attached hydrogens (tertiary/aromatic N) is 5. The zero-order chi connectivity index (χ0) is 22.8. The summed E-state index contributed by atoms with van der Waals surface area (Å²) in [5, 5.41) is 16.6. The summed E-state index contributed by atoms with van der Waals surface area (Å²) >= 11 is 0.991. The maximum atomic E-state index is 14.3. The number of anilines is 3. The molecule has 3 aromatic rings. The van der Waals surface area contributed by atoms with E-state index in [0.29, 0.717) is 11.3 Å². The Morgan fingerprint density at radius 2 is 2.19 bits per heavy atom. The van der Waals surface area contributed by atoms with Gasteiger partial charge in [0.05, 0.1) is 17.8 Å². The molecule has 1 saturated heterocycles. The molecule has 1 atom stereocenters. The van der Waals surface area contributed by atoms with E-state index < -0.39 is 11.7 Å². The van der Waals surface area contributed by atoms with E-state index in [1.807, 2.05) is 13.1 Å². The first kappa shape index (κ1) is 21.7. The van der Waals surface area contributed by atoms with Crippen molar-refractivity contribution in [3.05, 3.63) is 41.5 Å². The number of hydrogen-bond acceptors (Lipinski definition) is 8. The molecule has 1 aliphatic heterocycles. The number of nitrogens with one attached hydrogen (secondary N) is 1. The molecule has 1 unspecified atom stereocenters. The molecule has 2 aromatic heterocycles. The molecule has 1 amide bonds. The lowest BCUT2D eigenvalue weighted by atomic mass is 10.1. The van der Waals surface area contributed by atoms with E-state index in [9.17, 15) is 9.18 Å². The summed E-state index contributed by atoms with van der Waals surface area (Å²) in [7, 11) is 1.82. The summed E-state index contributed by atoms with van der Waals surface area (Å²) in [5.74, 6) is -0.268. The number of aromatic nitrogens is 3. The molecule has 3 heterocycles. The fraction of sp³-hybridized carbons (Fsp3) is 0.333. The molecule has 0 spiro atoms. The Kier molecular flexibility index (Phi) is 6.07. The molecule has 32 heavy (non-hydrogen) atoms. The molecule has 4 rings (SSSR count). The monoisotopic (exact) mass is 454 g/mol. The van der Waals surface area contributed by atoms with Gasteiger partial charge in [0.15, 0.2) is 11.5 Å². The molecule has 166 valence electrons. The van der Waals surface area contributed by atoms with Gasteiger partial charge in [-0.25, -0.2) is 9.37 Å². The molecule has 5 N–H and O–H groups in total. The maximum absolute atomic E-state index is 14.3. The molecule has 1 fully saturated rings. The van der Waals surface area contributed by atoms with Crippen LogP contribution in [0.1, 0.15) is 35.3 Å². The quantitative estimate of drug-likeness (QED) is 0.551. The molecule has 9 nitrogen and oxygen atoms in total. The Bertz CT molecular complexity index is 1200. The highest BCUT2D eigenvalue weighted by molar-refractivity contribution is 7.19. The molecule has 0 aliphatic carbocycles. The minimum Gasteiger partial charge on any atom is -0.389 e. The number of carbonyl (C=O) groups excluding carboxylic acids is 1. The van der Waals surface area contributed by atoms with Crippen molar-refractivity contribution >= 4 is 33.8 Å². The average Bonchev–Trinajstić information content (AvgIpc) is 3.25. The van der Waals surface area contributed by atoms with Crippen LogP contribution in [-0.4, -0.2) is 39.8 Å². The summed E-state index contributed by atoms with van der Waals surface area (Å²) in [4.78, 5) is 19.4. The highest BCUT2D eigenvalue weighted by atomic mass is 32.1. The second-order valence-electron chi connectivity index (χ2n) is 7.68. The van der Waals surface area contributed by atoms with E-state index in [2.05, 4.69) is 20.3 Å². The van der Waals surface area contributed by atoms with Crippen molar-refractivity contribution in [2.75, 3.05) is 29.0 Å². The van der Waals surface area contributed by atoms with E-state index >= 15 is 0 Å². The molecule has 0 radical (unpaired) electrons. The van der Waals surface area contributed by atoms with Crippen molar-refractivity contribution in [1.29, 1.82) is 5.26 Å². The number of nitrogens with two attached hydrogens (primary N) is 2. The van der Waals surface area contributed by atoms with E-state index in [1.54, 1.807) is 10.9 Å². The molecule has 0 bridgehead atoms. The predicted molar refractivity (Wildman–Crippen MR) is 122 cm³/mol. The zero-order valence-corrected chi connectivity index (χ0v) is 18.3. The van der Waals surface area contributed by atoms with Gasteiger partial charge in [0, 0.05) is 31.7 Å². The summed E-state index contributed by atoms with van der Waals surface area (Å²) in [6.07, 6.45) is 4.35. The number of hydrogen-bond donors (Lipinski definition) is 3. The number of thiazole rings is 1. The molecule has 1 aliphatic rings. The number of carbonyl (C=O) groups is 1. The Balaban J connectivity index is 1.59. The van der Waals surface area contributed by atoms with Crippen molar-refractivity contribution in [1.82, 2.24) is 14.8 Å². The van der Waals surface area contributed by atoms with Crippen LogP contribution in [0.3, 0.4) is 0 Å². The van der Waals surface area contributed by atoms with Crippen molar-refractivity contribution in [2.45, 2.75) is 25.3 Å². The lowest BCUT2D eigenvalue weighted by Crippen LogP contribution is -2.29. The van der Waals surface area contributed by atoms with Gasteiger partial charge in [0.2, 0.25) is 0 Å². The number of rotatable bonds is 4. The van der Waals surface area contributed by atoms with Crippen LogP contribution in [0.25, 0.3) is 10.6 Å². The fourth-order valence-corrected chi connectivity index (χ4v) is 4.62. The van der Waals surface area contributed by atoms with Gasteiger partial charge in [0.25, 0.3) is 5.91 Å². The number of benzene rings is 1. The minimum atomic E-state index is -0.543. The van der Waals surface area contributed by atoms with Crippen LogP contribution < -0.4 is 21.7 Å². The second kappa shape index (κ2) is 8.94. The molecule has 11 heteroatoms. The highest BCUT2D eigenvalue weighted by Gasteiger charge is 2.24. The van der Waals surface area contributed by atoms with Gasteiger partial charge >= 0.3 is 0 Å². The molecule has 0 saturated carbocycles. The van der Waals surface area contributed by atoms with Crippen molar-refractivity contribution in [2.24, 2.45) is 12.8 Å². The van der Waals surface area contributed by atoms with E-state index in [0.717, 1.165) is 49.5 Å². The molecule has 1 aromatic carbocycles.